The van der Waals surface area contributed by atoms with Crippen molar-refractivity contribution in [3.63, 3.8) is 0 Å². The van der Waals surface area contributed by atoms with Crippen LogP contribution in [0.15, 0.2) is 0 Å². The van der Waals surface area contributed by atoms with Crippen LogP contribution >= 0.6 is 0 Å². The Morgan fingerprint density at radius 1 is 1.33 bits per heavy atom. The van der Waals surface area contributed by atoms with Crippen LogP contribution in [0.2, 0.25) is 0 Å². The number of nitrogens with zero attached hydrogens (tertiary/aromatic N) is 1. The Morgan fingerprint density at radius 2 is 1.93 bits per heavy atom. The molecule has 2 atom stereocenters. The number of rotatable bonds is 2. The fraction of sp³-hybridized carbons (Fsp3) is 0.778. The monoisotopic (exact) mass is 217 g/mol. The summed E-state index contributed by atoms with van der Waals surface area (Å²) in [5.74, 6) is 0.923. The van der Waals surface area contributed by atoms with Crippen molar-refractivity contribution in [2.24, 2.45) is 11.8 Å². The number of hydrogen-bond acceptors (Lipinski definition) is 5. The maximum Gasteiger partial charge on any atom is 0.533 e. The maximum absolute atomic E-state index is 11.2. The first-order valence-corrected chi connectivity index (χ1v) is 4.69. The highest BCUT2D eigenvalue weighted by Crippen LogP contribution is 2.38. The van der Waals surface area contributed by atoms with Crippen molar-refractivity contribution in [3.05, 3.63) is 0 Å². The van der Waals surface area contributed by atoms with Crippen LogP contribution in [0.4, 0.5) is 9.59 Å². The van der Waals surface area contributed by atoms with Crippen molar-refractivity contribution in [1.29, 1.82) is 0 Å². The largest absolute Gasteiger partial charge is 0.533 e. The second kappa shape index (κ2) is 4.86. The SMILES string of the molecule is COC(=O)ON(C[C@@H]1C[C@H]1C)C(=O)OC. The number of carbonyl (C=O) groups is 2. The molecule has 0 radical (unpaired) electrons. The molecule has 0 N–H and O–H groups in total. The number of carbonyl (C=O) groups excluding carboxylic acids is 2. The van der Waals surface area contributed by atoms with Gasteiger partial charge < -0.3 is 14.3 Å². The Labute approximate surface area is 88.0 Å². The summed E-state index contributed by atoms with van der Waals surface area (Å²) >= 11 is 0. The normalized spacial score (nSPS) is 22.9. The van der Waals surface area contributed by atoms with Crippen molar-refractivity contribution < 1.29 is 23.9 Å². The van der Waals surface area contributed by atoms with Crippen molar-refractivity contribution in [2.75, 3.05) is 20.8 Å². The van der Waals surface area contributed by atoms with Gasteiger partial charge in [-0.1, -0.05) is 6.92 Å². The first-order valence-electron chi connectivity index (χ1n) is 4.69. The molecule has 0 bridgehead atoms. The van der Waals surface area contributed by atoms with Gasteiger partial charge in [-0.15, -0.1) is 5.06 Å². The molecule has 1 rings (SSSR count). The molecule has 0 aromatic heterocycles. The van der Waals surface area contributed by atoms with Crippen molar-refractivity contribution >= 4 is 12.2 Å². The number of ether oxygens (including phenoxy) is 2. The summed E-state index contributed by atoms with van der Waals surface area (Å²) in [7, 11) is 2.41. The number of hydroxylamine groups is 2. The molecule has 0 spiro atoms. The van der Waals surface area contributed by atoms with Crippen LogP contribution in [0.5, 0.6) is 0 Å². The second-order valence-corrected chi connectivity index (χ2v) is 3.55. The molecule has 0 aliphatic heterocycles. The molecule has 1 amide bonds. The molecule has 6 heteroatoms. The topological polar surface area (TPSA) is 65.1 Å². The highest BCUT2D eigenvalue weighted by Gasteiger charge is 2.37. The molecule has 0 aromatic carbocycles. The van der Waals surface area contributed by atoms with Gasteiger partial charge in [-0.3, -0.25) is 0 Å². The van der Waals surface area contributed by atoms with Crippen LogP contribution in [0.3, 0.4) is 0 Å². The van der Waals surface area contributed by atoms with E-state index in [2.05, 4.69) is 21.2 Å². The summed E-state index contributed by atoms with van der Waals surface area (Å²) in [4.78, 5) is 26.7. The molecular weight excluding hydrogens is 202 g/mol. The van der Waals surface area contributed by atoms with E-state index in [0.717, 1.165) is 11.5 Å². The van der Waals surface area contributed by atoms with Gasteiger partial charge in [0.1, 0.15) is 0 Å². The second-order valence-electron chi connectivity index (χ2n) is 3.55. The molecule has 0 heterocycles. The highest BCUT2D eigenvalue weighted by atomic mass is 16.8. The van der Waals surface area contributed by atoms with Gasteiger partial charge in [0.2, 0.25) is 0 Å². The molecule has 1 aliphatic carbocycles. The molecule has 1 fully saturated rings. The molecule has 1 saturated carbocycles. The van der Waals surface area contributed by atoms with E-state index in [-0.39, 0.29) is 0 Å². The summed E-state index contributed by atoms with van der Waals surface area (Å²) in [5, 5.41) is 0.889. The van der Waals surface area contributed by atoms with Crippen LogP contribution in [0.25, 0.3) is 0 Å². The van der Waals surface area contributed by atoms with Gasteiger partial charge in [-0.25, -0.2) is 9.59 Å². The van der Waals surface area contributed by atoms with E-state index in [0.29, 0.717) is 18.4 Å². The lowest BCUT2D eigenvalue weighted by molar-refractivity contribution is -0.106. The quantitative estimate of drug-likeness (QED) is 0.516. The lowest BCUT2D eigenvalue weighted by atomic mass is 10.3. The average Bonchev–Trinajstić information content (AvgIpc) is 2.92. The zero-order valence-electron chi connectivity index (χ0n) is 9.06. The van der Waals surface area contributed by atoms with E-state index in [4.69, 9.17) is 0 Å². The lowest BCUT2D eigenvalue weighted by Crippen LogP contribution is -2.35. The number of hydrogen-bond donors (Lipinski definition) is 0. The zero-order valence-corrected chi connectivity index (χ0v) is 9.06. The highest BCUT2D eigenvalue weighted by molar-refractivity contribution is 5.69. The van der Waals surface area contributed by atoms with Crippen molar-refractivity contribution in [2.45, 2.75) is 13.3 Å². The van der Waals surface area contributed by atoms with Crippen molar-refractivity contribution in [1.82, 2.24) is 5.06 Å². The number of methoxy groups -OCH3 is 2. The summed E-state index contributed by atoms with van der Waals surface area (Å²) in [6, 6.07) is 0. The summed E-state index contributed by atoms with van der Waals surface area (Å²) in [6.07, 6.45) is -0.592. The van der Waals surface area contributed by atoms with Crippen LogP contribution in [-0.2, 0) is 14.3 Å². The van der Waals surface area contributed by atoms with E-state index in [1.54, 1.807) is 0 Å². The third kappa shape index (κ3) is 3.30. The fourth-order valence-electron chi connectivity index (χ4n) is 1.24. The first-order chi connectivity index (χ1) is 7.08. The summed E-state index contributed by atoms with van der Waals surface area (Å²) in [5.41, 5.74) is 0. The molecule has 15 heavy (non-hydrogen) atoms. The van der Waals surface area contributed by atoms with Gasteiger partial charge in [0, 0.05) is 0 Å². The van der Waals surface area contributed by atoms with Crippen LogP contribution in [0, 0.1) is 11.8 Å². The maximum atomic E-state index is 11.2. The Bertz CT molecular complexity index is 255. The Balaban J connectivity index is 2.45. The third-order valence-electron chi connectivity index (χ3n) is 2.41. The van der Waals surface area contributed by atoms with Crippen LogP contribution in [0.1, 0.15) is 13.3 Å². The lowest BCUT2D eigenvalue weighted by Gasteiger charge is -2.18. The standard InChI is InChI=1S/C9H15NO5/c1-6-4-7(6)5-10(8(11)13-2)15-9(12)14-3/h6-7H,4-5H2,1-3H3/t6-,7+/m1/s1. The van der Waals surface area contributed by atoms with Crippen LogP contribution in [-0.4, -0.2) is 38.1 Å². The molecule has 86 valence electrons. The van der Waals surface area contributed by atoms with Gasteiger partial charge in [0.05, 0.1) is 20.8 Å². The predicted molar refractivity (Wildman–Crippen MR) is 49.9 cm³/mol. The molecule has 6 nitrogen and oxygen atoms in total. The number of amides is 1. The van der Waals surface area contributed by atoms with Gasteiger partial charge in [-0.2, -0.15) is 0 Å². The Morgan fingerprint density at radius 3 is 2.33 bits per heavy atom. The van der Waals surface area contributed by atoms with Gasteiger partial charge >= 0.3 is 12.2 Å². The molecule has 0 aromatic rings. The van der Waals surface area contributed by atoms with Crippen LogP contribution < -0.4 is 0 Å². The third-order valence-corrected chi connectivity index (χ3v) is 2.41. The summed E-state index contributed by atoms with van der Waals surface area (Å²) < 4.78 is 8.77. The zero-order chi connectivity index (χ0) is 11.4. The predicted octanol–water partition coefficient (Wildman–Crippen LogP) is 1.41. The minimum Gasteiger partial charge on any atom is -0.451 e. The Kier molecular flexibility index (Phi) is 3.76. The minimum absolute atomic E-state index is 0.350. The first kappa shape index (κ1) is 11.6. The van der Waals surface area contributed by atoms with E-state index < -0.39 is 12.2 Å². The van der Waals surface area contributed by atoms with Crippen molar-refractivity contribution in [3.8, 4) is 0 Å². The molecule has 1 aliphatic rings. The van der Waals surface area contributed by atoms with Gasteiger partial charge in [-0.05, 0) is 18.3 Å². The van der Waals surface area contributed by atoms with Gasteiger partial charge in [0.15, 0.2) is 0 Å². The average molecular weight is 217 g/mol. The smallest absolute Gasteiger partial charge is 0.451 e. The van der Waals surface area contributed by atoms with E-state index in [1.807, 2.05) is 0 Å². The fourth-order valence-corrected chi connectivity index (χ4v) is 1.24. The minimum atomic E-state index is -0.922. The Hall–Kier alpha value is -1.46. The summed E-state index contributed by atoms with van der Waals surface area (Å²) in [6.45, 7) is 2.42. The molecule has 0 unspecified atom stereocenters. The van der Waals surface area contributed by atoms with Gasteiger partial charge in [0.25, 0.3) is 0 Å². The molecular formula is C9H15NO5. The van der Waals surface area contributed by atoms with E-state index in [1.165, 1.54) is 14.2 Å². The molecule has 0 saturated heterocycles. The van der Waals surface area contributed by atoms with E-state index in [9.17, 15) is 9.59 Å². The van der Waals surface area contributed by atoms with E-state index >= 15 is 0 Å².